The largest absolute Gasteiger partial charge is 0.162 e. The quantitative estimate of drug-likeness (QED) is 0.512. The maximum atomic E-state index is 3.78. The number of hydrogen-bond acceptors (Lipinski definition) is 1. The van der Waals surface area contributed by atoms with Gasteiger partial charge in [0.25, 0.3) is 0 Å². The van der Waals surface area contributed by atoms with Crippen LogP contribution in [-0.4, -0.2) is 11.5 Å². The summed E-state index contributed by atoms with van der Waals surface area (Å²) in [5.41, 5.74) is 0. The summed E-state index contributed by atoms with van der Waals surface area (Å²) in [4.78, 5) is 0. The first-order chi connectivity index (χ1) is 2.81. The van der Waals surface area contributed by atoms with E-state index in [1.54, 1.807) is 11.8 Å². The van der Waals surface area contributed by atoms with Crippen molar-refractivity contribution in [2.24, 2.45) is 0 Å². The molecule has 2 radical (unpaired) electrons. The third-order valence-corrected chi connectivity index (χ3v) is 1.56. The van der Waals surface area contributed by atoms with Gasteiger partial charge in [-0.2, -0.15) is 11.8 Å². The van der Waals surface area contributed by atoms with E-state index in [2.05, 4.69) is 13.8 Å². The van der Waals surface area contributed by atoms with Crippen LogP contribution in [-0.2, 0) is 0 Å². The zero-order valence-corrected chi connectivity index (χ0v) is 4.92. The molecule has 0 fully saturated rings. The normalized spacial score (nSPS) is 14.5. The van der Waals surface area contributed by atoms with Crippen molar-refractivity contribution in [1.82, 2.24) is 0 Å². The van der Waals surface area contributed by atoms with Crippen LogP contribution < -0.4 is 0 Å². The number of thioether (sulfide) groups is 1. The number of hydrogen-bond donors (Lipinski definition) is 0. The highest BCUT2D eigenvalue weighted by atomic mass is 32.2. The molecule has 1 heteroatoms. The van der Waals surface area contributed by atoms with Gasteiger partial charge in [-0.05, 0) is 19.6 Å². The summed E-state index contributed by atoms with van der Waals surface area (Å²) in [5, 5.41) is 0.491. The first-order valence-electron chi connectivity index (χ1n) is 1.96. The van der Waals surface area contributed by atoms with E-state index in [9.17, 15) is 0 Å². The molecule has 0 aliphatic heterocycles. The van der Waals surface area contributed by atoms with E-state index in [0.717, 1.165) is 6.42 Å². The maximum Gasteiger partial charge on any atom is 0.00446 e. The average molecular weight is 102 g/mol. The minimum Gasteiger partial charge on any atom is -0.162 e. The highest BCUT2D eigenvalue weighted by molar-refractivity contribution is 7.99. The van der Waals surface area contributed by atoms with Crippen LogP contribution >= 0.6 is 11.8 Å². The average Bonchev–Trinajstić information content (AvgIpc) is 1.65. The van der Waals surface area contributed by atoms with Crippen molar-refractivity contribution in [3.63, 3.8) is 0 Å². The molecule has 0 aromatic carbocycles. The molecule has 0 saturated heterocycles. The highest BCUT2D eigenvalue weighted by Gasteiger charge is 1.89. The van der Waals surface area contributed by atoms with Crippen LogP contribution in [0.4, 0.5) is 0 Å². The Morgan fingerprint density at radius 3 is 2.33 bits per heavy atom. The lowest BCUT2D eigenvalue weighted by molar-refractivity contribution is 1.07. The second kappa shape index (κ2) is 3.54. The highest BCUT2D eigenvalue weighted by Crippen LogP contribution is 2.06. The SMILES string of the molecule is [CH2]CC([CH2])SC. The van der Waals surface area contributed by atoms with E-state index in [0.29, 0.717) is 5.25 Å². The lowest BCUT2D eigenvalue weighted by Gasteiger charge is -1.98. The minimum atomic E-state index is 0.491. The van der Waals surface area contributed by atoms with E-state index in [4.69, 9.17) is 0 Å². The summed E-state index contributed by atoms with van der Waals surface area (Å²) in [6.07, 6.45) is 2.98. The van der Waals surface area contributed by atoms with Gasteiger partial charge < -0.3 is 0 Å². The van der Waals surface area contributed by atoms with Crippen molar-refractivity contribution in [3.05, 3.63) is 13.8 Å². The van der Waals surface area contributed by atoms with Crippen LogP contribution in [0.15, 0.2) is 0 Å². The Labute approximate surface area is 44.3 Å². The molecule has 36 valence electrons. The molecule has 0 aliphatic carbocycles. The fraction of sp³-hybridized carbons (Fsp3) is 0.600. The van der Waals surface area contributed by atoms with Crippen molar-refractivity contribution < 1.29 is 0 Å². The van der Waals surface area contributed by atoms with Gasteiger partial charge in [0.15, 0.2) is 0 Å². The lowest BCUT2D eigenvalue weighted by atomic mass is 10.4. The van der Waals surface area contributed by atoms with E-state index in [-0.39, 0.29) is 0 Å². The van der Waals surface area contributed by atoms with Crippen LogP contribution in [0.25, 0.3) is 0 Å². The monoisotopic (exact) mass is 102 g/mol. The van der Waals surface area contributed by atoms with Crippen molar-refractivity contribution in [2.75, 3.05) is 6.26 Å². The van der Waals surface area contributed by atoms with Crippen LogP contribution in [0.3, 0.4) is 0 Å². The Morgan fingerprint density at radius 2 is 2.33 bits per heavy atom. The predicted molar refractivity (Wildman–Crippen MR) is 32.6 cm³/mol. The van der Waals surface area contributed by atoms with Crippen LogP contribution in [0.2, 0.25) is 0 Å². The predicted octanol–water partition coefficient (Wildman–Crippen LogP) is 1.78. The Bertz CT molecular complexity index is 23.1. The standard InChI is InChI=1S/C5H10S/c1-4-5(2)6-3/h5H,1-2,4H2,3H3. The Kier molecular flexibility index (Phi) is 3.74. The minimum absolute atomic E-state index is 0.491. The molecule has 0 heterocycles. The maximum absolute atomic E-state index is 3.78. The molecule has 0 aliphatic rings. The molecular formula is C5H10S. The Hall–Kier alpha value is 0.350. The first-order valence-corrected chi connectivity index (χ1v) is 3.25. The summed E-state index contributed by atoms with van der Waals surface area (Å²) in [6.45, 7) is 7.45. The van der Waals surface area contributed by atoms with Gasteiger partial charge in [-0.3, -0.25) is 0 Å². The lowest BCUT2D eigenvalue weighted by Crippen LogP contribution is -1.89. The fourth-order valence-corrected chi connectivity index (χ4v) is 0.354. The third-order valence-electron chi connectivity index (χ3n) is 0.655. The smallest absolute Gasteiger partial charge is 0.00446 e. The number of rotatable bonds is 2. The molecule has 1 atom stereocenters. The van der Waals surface area contributed by atoms with E-state index < -0.39 is 0 Å². The summed E-state index contributed by atoms with van der Waals surface area (Å²) in [6, 6.07) is 0. The fourth-order valence-electron chi connectivity index (χ4n) is 0.118. The van der Waals surface area contributed by atoms with Crippen molar-refractivity contribution in [3.8, 4) is 0 Å². The molecule has 1 unspecified atom stereocenters. The molecular weight excluding hydrogens is 92.1 g/mol. The van der Waals surface area contributed by atoms with Crippen LogP contribution in [0.1, 0.15) is 6.42 Å². The van der Waals surface area contributed by atoms with Crippen LogP contribution in [0, 0.1) is 13.8 Å². The molecule has 0 nitrogen and oxygen atoms in total. The molecule has 0 saturated carbocycles. The zero-order chi connectivity index (χ0) is 4.99. The van der Waals surface area contributed by atoms with Gasteiger partial charge in [-0.1, -0.05) is 6.92 Å². The second-order valence-corrected chi connectivity index (χ2v) is 2.28. The van der Waals surface area contributed by atoms with Gasteiger partial charge in [0.1, 0.15) is 0 Å². The summed E-state index contributed by atoms with van der Waals surface area (Å²) < 4.78 is 0. The first kappa shape index (κ1) is 6.35. The molecule has 0 aromatic rings. The molecule has 0 spiro atoms. The van der Waals surface area contributed by atoms with Gasteiger partial charge in [0.05, 0.1) is 0 Å². The Balaban J connectivity index is 2.75. The molecule has 0 bridgehead atoms. The molecule has 0 rings (SSSR count). The van der Waals surface area contributed by atoms with Gasteiger partial charge in [0, 0.05) is 5.25 Å². The van der Waals surface area contributed by atoms with Gasteiger partial charge in [-0.15, -0.1) is 0 Å². The third kappa shape index (κ3) is 2.58. The van der Waals surface area contributed by atoms with Crippen molar-refractivity contribution in [2.45, 2.75) is 11.7 Å². The van der Waals surface area contributed by atoms with Crippen molar-refractivity contribution in [1.29, 1.82) is 0 Å². The molecule has 0 N–H and O–H groups in total. The van der Waals surface area contributed by atoms with Gasteiger partial charge in [0.2, 0.25) is 0 Å². The summed E-state index contributed by atoms with van der Waals surface area (Å²) >= 11 is 1.75. The summed E-state index contributed by atoms with van der Waals surface area (Å²) in [5.74, 6) is 0. The summed E-state index contributed by atoms with van der Waals surface area (Å²) in [7, 11) is 0. The molecule has 6 heavy (non-hydrogen) atoms. The van der Waals surface area contributed by atoms with Crippen molar-refractivity contribution >= 4 is 11.8 Å². The topological polar surface area (TPSA) is 0 Å². The molecule has 0 aromatic heterocycles. The molecule has 0 amide bonds. The second-order valence-electron chi connectivity index (χ2n) is 1.15. The van der Waals surface area contributed by atoms with E-state index in [1.165, 1.54) is 0 Å². The van der Waals surface area contributed by atoms with Crippen LogP contribution in [0.5, 0.6) is 0 Å². The van der Waals surface area contributed by atoms with Gasteiger partial charge >= 0.3 is 0 Å². The van der Waals surface area contributed by atoms with E-state index in [1.807, 2.05) is 6.26 Å². The zero-order valence-electron chi connectivity index (χ0n) is 4.11. The van der Waals surface area contributed by atoms with Gasteiger partial charge in [-0.25, -0.2) is 0 Å². The Morgan fingerprint density at radius 1 is 1.83 bits per heavy atom. The van der Waals surface area contributed by atoms with E-state index >= 15 is 0 Å².